The van der Waals surface area contributed by atoms with Crippen molar-refractivity contribution in [2.24, 2.45) is 5.92 Å². The van der Waals surface area contributed by atoms with Crippen molar-refractivity contribution in [1.29, 1.82) is 0 Å². The van der Waals surface area contributed by atoms with Gasteiger partial charge in [0.15, 0.2) is 0 Å². The smallest absolute Gasteiger partial charge is 0.336 e. The highest BCUT2D eigenvalue weighted by molar-refractivity contribution is 6.35. The number of ether oxygens (including phenoxy) is 2. The number of carbonyl (C=O) groups is 2. The second-order valence-electron chi connectivity index (χ2n) is 4.72. The van der Waals surface area contributed by atoms with Crippen LogP contribution in [0.5, 0.6) is 5.75 Å². The van der Waals surface area contributed by atoms with Gasteiger partial charge in [-0.1, -0.05) is 37.0 Å². The molecule has 1 aromatic carbocycles. The molecule has 1 rings (SSSR count). The molecule has 4 nitrogen and oxygen atoms in total. The number of halogens is 2. The first-order valence-electron chi connectivity index (χ1n) is 6.35. The maximum absolute atomic E-state index is 11.6. The van der Waals surface area contributed by atoms with E-state index in [0.717, 1.165) is 12.2 Å². The fraction of sp³-hybridized carbons (Fsp3) is 0.333. The lowest BCUT2D eigenvalue weighted by Gasteiger charge is -2.14. The molecule has 21 heavy (non-hydrogen) atoms. The van der Waals surface area contributed by atoms with E-state index in [0.29, 0.717) is 5.02 Å². The Hall–Kier alpha value is -1.52. The second kappa shape index (κ2) is 8.05. The third-order valence-electron chi connectivity index (χ3n) is 2.70. The predicted molar refractivity (Wildman–Crippen MR) is 81.6 cm³/mol. The minimum atomic E-state index is -0.728. The Balaban J connectivity index is 2.57. The molecular weight excluding hydrogens is 315 g/mol. The van der Waals surface area contributed by atoms with Crippen molar-refractivity contribution < 1.29 is 19.1 Å². The first-order valence-corrected chi connectivity index (χ1v) is 7.10. The Bertz CT molecular complexity index is 553. The summed E-state index contributed by atoms with van der Waals surface area (Å²) < 4.78 is 10.1. The van der Waals surface area contributed by atoms with Crippen LogP contribution in [0.1, 0.15) is 20.8 Å². The van der Waals surface area contributed by atoms with Gasteiger partial charge in [-0.3, -0.25) is 0 Å². The summed E-state index contributed by atoms with van der Waals surface area (Å²) in [5.74, 6) is -0.967. The number of esters is 2. The van der Waals surface area contributed by atoms with Gasteiger partial charge in [0.2, 0.25) is 0 Å². The zero-order valence-electron chi connectivity index (χ0n) is 11.9. The van der Waals surface area contributed by atoms with E-state index in [2.05, 4.69) is 0 Å². The highest BCUT2D eigenvalue weighted by Gasteiger charge is 2.11. The molecule has 0 aromatic heterocycles. The van der Waals surface area contributed by atoms with Gasteiger partial charge < -0.3 is 9.47 Å². The summed E-state index contributed by atoms with van der Waals surface area (Å²) in [6.07, 6.45) is 1.77. The number of hydrogen-bond acceptors (Lipinski definition) is 4. The summed E-state index contributed by atoms with van der Waals surface area (Å²) in [5, 5.41) is 0.641. The van der Waals surface area contributed by atoms with Crippen molar-refractivity contribution in [3.63, 3.8) is 0 Å². The van der Waals surface area contributed by atoms with Crippen LogP contribution in [0, 0.1) is 5.92 Å². The van der Waals surface area contributed by atoms with E-state index in [4.69, 9.17) is 32.7 Å². The van der Waals surface area contributed by atoms with Gasteiger partial charge in [0, 0.05) is 17.2 Å². The van der Waals surface area contributed by atoms with Crippen LogP contribution in [0.2, 0.25) is 10.0 Å². The van der Waals surface area contributed by atoms with Crippen LogP contribution >= 0.6 is 23.2 Å². The lowest BCUT2D eigenvalue weighted by atomic mass is 10.1. The molecule has 0 saturated heterocycles. The minimum absolute atomic E-state index is 0.166. The van der Waals surface area contributed by atoms with E-state index in [1.807, 2.05) is 13.8 Å². The number of rotatable bonds is 5. The highest BCUT2D eigenvalue weighted by Crippen LogP contribution is 2.27. The largest absolute Gasteiger partial charge is 0.459 e. The second-order valence-corrected chi connectivity index (χ2v) is 5.56. The van der Waals surface area contributed by atoms with Crippen molar-refractivity contribution in [3.8, 4) is 5.75 Å². The molecule has 0 saturated carbocycles. The molecule has 0 spiro atoms. The zero-order chi connectivity index (χ0) is 16.0. The molecule has 1 unspecified atom stereocenters. The lowest BCUT2D eigenvalue weighted by Crippen LogP contribution is -2.19. The average molecular weight is 331 g/mol. The van der Waals surface area contributed by atoms with Crippen LogP contribution in [-0.2, 0) is 14.3 Å². The van der Waals surface area contributed by atoms with Gasteiger partial charge >= 0.3 is 11.9 Å². The van der Waals surface area contributed by atoms with Crippen LogP contribution in [0.4, 0.5) is 0 Å². The normalized spacial score (nSPS) is 12.5. The van der Waals surface area contributed by atoms with Gasteiger partial charge in [0.05, 0.1) is 5.02 Å². The topological polar surface area (TPSA) is 52.6 Å². The molecule has 0 aliphatic heterocycles. The quantitative estimate of drug-likeness (QED) is 0.464. The van der Waals surface area contributed by atoms with Gasteiger partial charge in [0.1, 0.15) is 11.9 Å². The Kier molecular flexibility index (Phi) is 6.72. The molecule has 1 aromatic rings. The molecular formula is C15H16Cl2O4. The van der Waals surface area contributed by atoms with Gasteiger partial charge in [-0.15, -0.1) is 0 Å². The standard InChI is InChI=1S/C15H16Cl2O4/c1-9(2)10(3)20-14(18)6-7-15(19)21-13-5-4-11(16)8-12(13)17/h4-10H,1-3H3/b7-6+. The van der Waals surface area contributed by atoms with E-state index in [1.165, 1.54) is 12.1 Å². The molecule has 0 radical (unpaired) electrons. The van der Waals surface area contributed by atoms with Crippen LogP contribution in [0.15, 0.2) is 30.4 Å². The van der Waals surface area contributed by atoms with Crippen LogP contribution < -0.4 is 4.74 Å². The van der Waals surface area contributed by atoms with E-state index >= 15 is 0 Å². The van der Waals surface area contributed by atoms with Gasteiger partial charge in [0.25, 0.3) is 0 Å². The monoisotopic (exact) mass is 330 g/mol. The molecule has 0 N–H and O–H groups in total. The zero-order valence-corrected chi connectivity index (χ0v) is 13.4. The van der Waals surface area contributed by atoms with Crippen molar-refractivity contribution >= 4 is 35.1 Å². The first kappa shape index (κ1) is 17.5. The van der Waals surface area contributed by atoms with Crippen molar-refractivity contribution in [2.75, 3.05) is 0 Å². The van der Waals surface area contributed by atoms with Crippen molar-refractivity contribution in [1.82, 2.24) is 0 Å². The Morgan fingerprint density at radius 1 is 1.10 bits per heavy atom. The van der Waals surface area contributed by atoms with Gasteiger partial charge in [-0.05, 0) is 31.0 Å². The first-order chi connectivity index (χ1) is 9.79. The lowest BCUT2D eigenvalue weighted by molar-refractivity contribution is -0.144. The Labute approximate surface area is 133 Å². The number of benzene rings is 1. The molecule has 114 valence electrons. The SMILES string of the molecule is CC(C)C(C)OC(=O)/C=C/C(=O)Oc1ccc(Cl)cc1Cl. The van der Waals surface area contributed by atoms with Gasteiger partial charge in [-0.25, -0.2) is 9.59 Å². The summed E-state index contributed by atoms with van der Waals surface area (Å²) in [7, 11) is 0. The minimum Gasteiger partial charge on any atom is -0.459 e. The fourth-order valence-electron chi connectivity index (χ4n) is 1.20. The molecule has 0 heterocycles. The third-order valence-corrected chi connectivity index (χ3v) is 3.23. The molecule has 0 aliphatic rings. The van der Waals surface area contributed by atoms with E-state index < -0.39 is 11.9 Å². The van der Waals surface area contributed by atoms with E-state index in [9.17, 15) is 9.59 Å². The molecule has 6 heteroatoms. The maximum atomic E-state index is 11.6. The number of hydrogen-bond donors (Lipinski definition) is 0. The molecule has 0 aliphatic carbocycles. The molecule has 0 fully saturated rings. The van der Waals surface area contributed by atoms with Crippen molar-refractivity contribution in [3.05, 3.63) is 40.4 Å². The summed E-state index contributed by atoms with van der Waals surface area (Å²) in [5.41, 5.74) is 0. The van der Waals surface area contributed by atoms with E-state index in [-0.39, 0.29) is 22.8 Å². The van der Waals surface area contributed by atoms with Gasteiger partial charge in [-0.2, -0.15) is 0 Å². The Morgan fingerprint density at radius 3 is 2.29 bits per heavy atom. The van der Waals surface area contributed by atoms with Crippen molar-refractivity contribution in [2.45, 2.75) is 26.9 Å². The fourth-order valence-corrected chi connectivity index (χ4v) is 1.64. The van der Waals surface area contributed by atoms with Crippen LogP contribution in [0.3, 0.4) is 0 Å². The molecule has 0 bridgehead atoms. The van der Waals surface area contributed by atoms with Crippen LogP contribution in [0.25, 0.3) is 0 Å². The Morgan fingerprint density at radius 2 is 1.71 bits per heavy atom. The average Bonchev–Trinajstić information content (AvgIpc) is 2.39. The molecule has 0 amide bonds. The summed E-state index contributed by atoms with van der Waals surface area (Å²) in [6, 6.07) is 4.46. The summed E-state index contributed by atoms with van der Waals surface area (Å²) in [6.45, 7) is 5.64. The highest BCUT2D eigenvalue weighted by atomic mass is 35.5. The number of carbonyl (C=O) groups excluding carboxylic acids is 2. The summed E-state index contributed by atoms with van der Waals surface area (Å²) in [4.78, 5) is 23.0. The van der Waals surface area contributed by atoms with Crippen LogP contribution in [-0.4, -0.2) is 18.0 Å². The molecule has 1 atom stereocenters. The predicted octanol–water partition coefficient (Wildman–Crippen LogP) is 4.04. The maximum Gasteiger partial charge on any atom is 0.336 e. The summed E-state index contributed by atoms with van der Waals surface area (Å²) >= 11 is 11.6. The third kappa shape index (κ3) is 6.19. The van der Waals surface area contributed by atoms with E-state index in [1.54, 1.807) is 13.0 Å².